The zero-order chi connectivity index (χ0) is 21.8. The van der Waals surface area contributed by atoms with E-state index in [-0.39, 0.29) is 11.8 Å². The number of carbonyl (C=O) groups excluding carboxylic acids is 1. The van der Waals surface area contributed by atoms with Crippen molar-refractivity contribution < 1.29 is 4.79 Å². The summed E-state index contributed by atoms with van der Waals surface area (Å²) >= 11 is 0. The Hall–Kier alpha value is -2.40. The molecule has 2 aliphatic heterocycles. The van der Waals surface area contributed by atoms with Gasteiger partial charge in [0.2, 0.25) is 5.91 Å². The van der Waals surface area contributed by atoms with E-state index in [4.69, 9.17) is 5.73 Å². The van der Waals surface area contributed by atoms with Gasteiger partial charge in [0, 0.05) is 30.5 Å². The van der Waals surface area contributed by atoms with Crippen LogP contribution in [0.5, 0.6) is 0 Å². The van der Waals surface area contributed by atoms with Gasteiger partial charge in [-0.15, -0.1) is 0 Å². The number of rotatable bonds is 7. The molecule has 1 fully saturated rings. The van der Waals surface area contributed by atoms with Gasteiger partial charge in [0.05, 0.1) is 5.92 Å². The third-order valence-electron chi connectivity index (χ3n) is 7.16. The second-order valence-corrected chi connectivity index (χ2v) is 9.32. The van der Waals surface area contributed by atoms with Gasteiger partial charge in [-0.3, -0.25) is 9.69 Å². The van der Waals surface area contributed by atoms with Crippen molar-refractivity contribution in [2.24, 2.45) is 0 Å². The second kappa shape index (κ2) is 9.82. The average molecular weight is 421 g/mol. The van der Waals surface area contributed by atoms with Gasteiger partial charge in [0.25, 0.3) is 0 Å². The Bertz CT molecular complexity index is 871. The second-order valence-electron chi connectivity index (χ2n) is 9.32. The molecule has 2 N–H and O–H groups in total. The summed E-state index contributed by atoms with van der Waals surface area (Å²) < 4.78 is 0. The Morgan fingerprint density at radius 2 is 1.74 bits per heavy atom. The quantitative estimate of drug-likeness (QED) is 0.656. The van der Waals surface area contributed by atoms with Crippen LogP contribution in [0.25, 0.3) is 0 Å². The predicted molar refractivity (Wildman–Crippen MR) is 127 cm³/mol. The Labute approximate surface area is 186 Å². The molecule has 0 radical (unpaired) electrons. The maximum Gasteiger partial charge on any atom is 0.234 e. The number of aromatic nitrogens is 1. The molecule has 1 amide bonds. The summed E-state index contributed by atoms with van der Waals surface area (Å²) in [5, 5.41) is 0. The highest BCUT2D eigenvalue weighted by Crippen LogP contribution is 2.35. The first-order chi connectivity index (χ1) is 15.0. The molecule has 0 saturated carbocycles. The van der Waals surface area contributed by atoms with Crippen LogP contribution in [0.1, 0.15) is 69.4 Å². The maximum absolute atomic E-state index is 13.4. The Morgan fingerprint density at radius 3 is 2.48 bits per heavy atom. The van der Waals surface area contributed by atoms with Crippen molar-refractivity contribution in [3.05, 3.63) is 53.7 Å². The molecule has 3 atom stereocenters. The van der Waals surface area contributed by atoms with E-state index in [0.717, 1.165) is 37.1 Å². The number of likely N-dealkylation sites (tertiary alicyclic amines) is 1. The molecule has 166 valence electrons. The number of unbranched alkanes of at least 4 members (excludes halogenated alkanes) is 2. The molecular formula is C26H36N4O. The normalized spacial score (nSPS) is 24.3. The number of nitrogens with zero attached hydrogens (tertiary/aromatic N) is 3. The van der Waals surface area contributed by atoms with Crippen molar-refractivity contribution >= 4 is 17.4 Å². The number of hydrogen-bond donors (Lipinski definition) is 1. The first kappa shape index (κ1) is 21.8. The summed E-state index contributed by atoms with van der Waals surface area (Å²) in [5.74, 6) is 0.489. The summed E-state index contributed by atoms with van der Waals surface area (Å²) in [6.45, 7) is 6.68. The van der Waals surface area contributed by atoms with Gasteiger partial charge < -0.3 is 10.6 Å². The van der Waals surface area contributed by atoms with Crippen molar-refractivity contribution in [3.8, 4) is 0 Å². The fourth-order valence-corrected chi connectivity index (χ4v) is 5.33. The van der Waals surface area contributed by atoms with Crippen LogP contribution in [0, 0.1) is 0 Å². The van der Waals surface area contributed by atoms with Crippen LogP contribution in [0.2, 0.25) is 0 Å². The number of para-hydroxylation sites is 1. The van der Waals surface area contributed by atoms with Crippen LogP contribution in [0.4, 0.5) is 11.5 Å². The van der Waals surface area contributed by atoms with Crippen LogP contribution >= 0.6 is 0 Å². The first-order valence-electron chi connectivity index (χ1n) is 11.9. The molecule has 0 spiro atoms. The average Bonchev–Trinajstić information content (AvgIpc) is 2.77. The molecule has 3 heterocycles. The van der Waals surface area contributed by atoms with E-state index in [2.05, 4.69) is 41.9 Å². The number of pyridine rings is 1. The number of nitrogens with two attached hydrogens (primary N) is 1. The lowest BCUT2D eigenvalue weighted by Crippen LogP contribution is -2.44. The van der Waals surface area contributed by atoms with Gasteiger partial charge in [-0.05, 0) is 75.8 Å². The van der Waals surface area contributed by atoms with Gasteiger partial charge in [0.1, 0.15) is 5.82 Å². The largest absolute Gasteiger partial charge is 0.384 e. The number of anilines is 2. The minimum Gasteiger partial charge on any atom is -0.384 e. The van der Waals surface area contributed by atoms with Crippen LogP contribution in [-0.2, 0) is 11.2 Å². The molecule has 1 saturated heterocycles. The minimum absolute atomic E-state index is 0.182. The summed E-state index contributed by atoms with van der Waals surface area (Å²) in [6, 6.07) is 13.5. The molecule has 31 heavy (non-hydrogen) atoms. The number of carbonyl (C=O) groups is 1. The molecule has 1 aromatic carbocycles. The highest BCUT2D eigenvalue weighted by molar-refractivity contribution is 6.01. The van der Waals surface area contributed by atoms with Crippen molar-refractivity contribution in [2.45, 2.75) is 76.8 Å². The Balaban J connectivity index is 1.38. The van der Waals surface area contributed by atoms with Gasteiger partial charge >= 0.3 is 0 Å². The number of fused-ring (bicyclic) bond motifs is 1. The van der Waals surface area contributed by atoms with Gasteiger partial charge in [-0.1, -0.05) is 37.1 Å². The summed E-state index contributed by atoms with van der Waals surface area (Å²) in [4.78, 5) is 22.3. The highest BCUT2D eigenvalue weighted by atomic mass is 16.2. The summed E-state index contributed by atoms with van der Waals surface area (Å²) in [6.07, 6.45) is 9.87. The molecular weight excluding hydrogens is 384 g/mol. The number of amides is 1. The molecule has 0 aliphatic carbocycles. The third kappa shape index (κ3) is 4.93. The SMILES string of the molecule is CC1CCCC(C)N1CCCCCN1C(=O)C(c2ccc(N)nc2)Cc2ccccc21. The molecule has 2 aromatic rings. The number of piperidine rings is 1. The number of benzene rings is 1. The predicted octanol–water partition coefficient (Wildman–Crippen LogP) is 4.77. The molecule has 4 rings (SSSR count). The Kier molecular flexibility index (Phi) is 6.91. The molecule has 1 aromatic heterocycles. The topological polar surface area (TPSA) is 62.5 Å². The van der Waals surface area contributed by atoms with Crippen molar-refractivity contribution in [1.29, 1.82) is 0 Å². The van der Waals surface area contributed by atoms with E-state index in [0.29, 0.717) is 17.9 Å². The van der Waals surface area contributed by atoms with E-state index in [1.54, 1.807) is 12.3 Å². The van der Waals surface area contributed by atoms with Crippen LogP contribution < -0.4 is 10.6 Å². The van der Waals surface area contributed by atoms with E-state index in [9.17, 15) is 4.79 Å². The van der Waals surface area contributed by atoms with E-state index < -0.39 is 0 Å². The lowest BCUT2D eigenvalue weighted by Gasteiger charge is -2.39. The monoisotopic (exact) mass is 420 g/mol. The lowest BCUT2D eigenvalue weighted by molar-refractivity contribution is -0.120. The van der Waals surface area contributed by atoms with Crippen LogP contribution in [0.15, 0.2) is 42.6 Å². The van der Waals surface area contributed by atoms with Gasteiger partial charge in [-0.25, -0.2) is 4.98 Å². The third-order valence-corrected chi connectivity index (χ3v) is 7.16. The lowest BCUT2D eigenvalue weighted by atomic mass is 9.87. The zero-order valence-corrected chi connectivity index (χ0v) is 19.0. The molecule has 5 heteroatoms. The zero-order valence-electron chi connectivity index (χ0n) is 19.0. The van der Waals surface area contributed by atoms with Crippen molar-refractivity contribution in [1.82, 2.24) is 9.88 Å². The molecule has 0 bridgehead atoms. The number of hydrogen-bond acceptors (Lipinski definition) is 4. The van der Waals surface area contributed by atoms with E-state index in [1.165, 1.54) is 37.8 Å². The van der Waals surface area contributed by atoms with Crippen molar-refractivity contribution in [3.63, 3.8) is 0 Å². The smallest absolute Gasteiger partial charge is 0.234 e. The summed E-state index contributed by atoms with van der Waals surface area (Å²) in [7, 11) is 0. The standard InChI is InChI=1S/C26H36N4O/c1-19-9-8-10-20(2)29(19)15-6-3-7-16-30-24-12-5-4-11-21(24)17-23(26(30)31)22-13-14-25(27)28-18-22/h4-5,11-14,18-20,23H,3,6-10,15-17H2,1-2H3,(H2,27,28). The number of nitrogen functional groups attached to an aromatic ring is 1. The fourth-order valence-electron chi connectivity index (χ4n) is 5.33. The van der Waals surface area contributed by atoms with Crippen LogP contribution in [0.3, 0.4) is 0 Å². The maximum atomic E-state index is 13.4. The molecule has 5 nitrogen and oxygen atoms in total. The van der Waals surface area contributed by atoms with Gasteiger partial charge in [-0.2, -0.15) is 0 Å². The van der Waals surface area contributed by atoms with E-state index in [1.807, 2.05) is 17.0 Å². The minimum atomic E-state index is -0.182. The highest BCUT2D eigenvalue weighted by Gasteiger charge is 2.33. The molecule has 3 unspecified atom stereocenters. The summed E-state index contributed by atoms with van der Waals surface area (Å²) in [5.41, 5.74) is 9.01. The fraction of sp³-hybridized carbons (Fsp3) is 0.538. The molecule has 2 aliphatic rings. The van der Waals surface area contributed by atoms with Crippen molar-refractivity contribution in [2.75, 3.05) is 23.7 Å². The van der Waals surface area contributed by atoms with E-state index >= 15 is 0 Å². The first-order valence-corrected chi connectivity index (χ1v) is 11.9. The van der Waals surface area contributed by atoms with Gasteiger partial charge in [0.15, 0.2) is 0 Å². The Morgan fingerprint density at radius 1 is 1.00 bits per heavy atom. The van der Waals surface area contributed by atoms with Crippen LogP contribution in [-0.4, -0.2) is 41.0 Å².